The number of aromatic nitrogens is 1. The summed E-state index contributed by atoms with van der Waals surface area (Å²) in [5, 5.41) is 2.93. The monoisotopic (exact) mass is 416 g/mol. The summed E-state index contributed by atoms with van der Waals surface area (Å²) in [6, 6.07) is 1.61. The Morgan fingerprint density at radius 1 is 1.29 bits per heavy atom. The van der Waals surface area contributed by atoms with E-state index in [9.17, 15) is 9.59 Å². The van der Waals surface area contributed by atoms with Crippen molar-refractivity contribution in [1.82, 2.24) is 4.98 Å². The van der Waals surface area contributed by atoms with Crippen LogP contribution in [0.5, 0.6) is 5.75 Å². The summed E-state index contributed by atoms with van der Waals surface area (Å²) >= 11 is 4.60. The van der Waals surface area contributed by atoms with Crippen molar-refractivity contribution < 1.29 is 23.8 Å². The molecule has 24 heavy (non-hydrogen) atoms. The molecule has 0 radical (unpaired) electrons. The van der Waals surface area contributed by atoms with E-state index < -0.39 is 17.7 Å². The first-order valence-corrected chi connectivity index (χ1v) is 8.52. The molecule has 0 bridgehead atoms. The third kappa shape index (κ3) is 3.96. The second-order valence-electron chi connectivity index (χ2n) is 5.76. The Morgan fingerprint density at radius 3 is 2.50 bits per heavy atom. The Labute approximate surface area is 151 Å². The number of thiazole rings is 1. The van der Waals surface area contributed by atoms with Gasteiger partial charge in [-0.1, -0.05) is 11.3 Å². The van der Waals surface area contributed by atoms with Gasteiger partial charge in [0, 0.05) is 0 Å². The molecule has 0 aliphatic heterocycles. The van der Waals surface area contributed by atoms with Gasteiger partial charge in [-0.15, -0.1) is 0 Å². The minimum Gasteiger partial charge on any atom is -0.495 e. The number of hydrogen-bond acceptors (Lipinski definition) is 7. The number of nitrogens with zero attached hydrogens (tertiary/aromatic N) is 1. The minimum absolute atomic E-state index is 0.270. The SMILES string of the molecule is COC(=O)c1cc2sc(NC(=O)OC(C)(C)C)nc2c(Br)c1OC. The molecule has 0 spiro atoms. The predicted octanol–water partition coefficient (Wildman–Crippen LogP) is 4.20. The molecule has 2 aromatic rings. The van der Waals surface area contributed by atoms with Crippen LogP contribution in [0.25, 0.3) is 10.2 Å². The topological polar surface area (TPSA) is 86.8 Å². The molecular formula is C15H17BrN2O5S. The number of carbonyl (C=O) groups excluding carboxylic acids is 2. The highest BCUT2D eigenvalue weighted by atomic mass is 79.9. The zero-order chi connectivity index (χ0) is 18.1. The molecule has 2 rings (SSSR count). The molecule has 0 saturated heterocycles. The summed E-state index contributed by atoms with van der Waals surface area (Å²) < 4.78 is 16.4. The normalized spacial score (nSPS) is 11.2. The lowest BCUT2D eigenvalue weighted by atomic mass is 10.2. The molecule has 0 aliphatic rings. The average molecular weight is 417 g/mol. The number of fused-ring (bicyclic) bond motifs is 1. The van der Waals surface area contributed by atoms with Crippen molar-refractivity contribution in [3.05, 3.63) is 16.1 Å². The van der Waals surface area contributed by atoms with Crippen molar-refractivity contribution in [1.29, 1.82) is 0 Å². The molecule has 0 unspecified atom stereocenters. The van der Waals surface area contributed by atoms with Gasteiger partial charge in [-0.25, -0.2) is 14.6 Å². The van der Waals surface area contributed by atoms with Gasteiger partial charge < -0.3 is 14.2 Å². The van der Waals surface area contributed by atoms with Gasteiger partial charge >= 0.3 is 12.1 Å². The lowest BCUT2D eigenvalue weighted by Crippen LogP contribution is -2.27. The highest BCUT2D eigenvalue weighted by Crippen LogP contribution is 2.40. The van der Waals surface area contributed by atoms with Crippen LogP contribution in [0.2, 0.25) is 0 Å². The van der Waals surface area contributed by atoms with Gasteiger partial charge in [0.25, 0.3) is 0 Å². The molecule has 0 atom stereocenters. The summed E-state index contributed by atoms with van der Waals surface area (Å²) in [6.07, 6.45) is -0.599. The molecule has 1 heterocycles. The number of anilines is 1. The molecule has 0 aliphatic carbocycles. The lowest BCUT2D eigenvalue weighted by Gasteiger charge is -2.18. The summed E-state index contributed by atoms with van der Waals surface area (Å²) in [7, 11) is 2.74. The number of rotatable bonds is 3. The van der Waals surface area contributed by atoms with Crippen LogP contribution in [0.1, 0.15) is 31.1 Å². The largest absolute Gasteiger partial charge is 0.495 e. The van der Waals surface area contributed by atoms with E-state index in [1.165, 1.54) is 25.6 Å². The zero-order valence-corrected chi connectivity index (χ0v) is 16.3. The van der Waals surface area contributed by atoms with E-state index in [1.54, 1.807) is 26.8 Å². The highest BCUT2D eigenvalue weighted by Gasteiger charge is 2.22. The molecule has 1 aromatic carbocycles. The molecule has 130 valence electrons. The fourth-order valence-electron chi connectivity index (χ4n) is 1.91. The maximum Gasteiger partial charge on any atom is 0.413 e. The predicted molar refractivity (Wildman–Crippen MR) is 95.1 cm³/mol. The first-order chi connectivity index (χ1) is 11.2. The van der Waals surface area contributed by atoms with Crippen LogP contribution in [0.3, 0.4) is 0 Å². The molecule has 7 nitrogen and oxygen atoms in total. The molecule has 0 fully saturated rings. The summed E-state index contributed by atoms with van der Waals surface area (Å²) in [6.45, 7) is 5.32. The van der Waals surface area contributed by atoms with Crippen molar-refractivity contribution in [3.63, 3.8) is 0 Å². The number of methoxy groups -OCH3 is 2. The standard InChI is InChI=1S/C15H17BrN2O5S/c1-15(2,3)23-14(20)18-13-17-10-8(24-13)6-7(12(19)22-5)11(21-4)9(10)16/h6H,1-5H3,(H,17,18,20). The van der Waals surface area contributed by atoms with Crippen LogP contribution >= 0.6 is 27.3 Å². The maximum atomic E-state index is 11.9. The van der Waals surface area contributed by atoms with Gasteiger partial charge in [0.05, 0.1) is 23.4 Å². The number of benzene rings is 1. The van der Waals surface area contributed by atoms with Gasteiger partial charge in [0.2, 0.25) is 0 Å². The fraction of sp³-hybridized carbons (Fsp3) is 0.400. The number of halogens is 1. The van der Waals surface area contributed by atoms with E-state index in [2.05, 4.69) is 26.2 Å². The Kier molecular flexibility index (Phi) is 5.34. The summed E-state index contributed by atoms with van der Waals surface area (Å²) in [4.78, 5) is 28.1. The third-order valence-corrected chi connectivity index (χ3v) is 4.45. The minimum atomic E-state index is -0.609. The molecular weight excluding hydrogens is 400 g/mol. The van der Waals surface area contributed by atoms with E-state index in [0.29, 0.717) is 25.6 Å². The molecule has 1 aromatic heterocycles. The number of hydrogen-bond donors (Lipinski definition) is 1. The zero-order valence-electron chi connectivity index (χ0n) is 13.9. The Balaban J connectivity index is 2.42. The first kappa shape index (κ1) is 18.5. The van der Waals surface area contributed by atoms with Gasteiger partial charge in [-0.05, 0) is 42.8 Å². The second kappa shape index (κ2) is 6.94. The van der Waals surface area contributed by atoms with Crippen LogP contribution in [0.15, 0.2) is 10.5 Å². The quantitative estimate of drug-likeness (QED) is 0.754. The van der Waals surface area contributed by atoms with Gasteiger partial charge in [0.1, 0.15) is 22.4 Å². The van der Waals surface area contributed by atoms with Crippen molar-refractivity contribution in [2.75, 3.05) is 19.5 Å². The van der Waals surface area contributed by atoms with E-state index in [0.717, 1.165) is 0 Å². The van der Waals surface area contributed by atoms with Crippen molar-refractivity contribution in [2.45, 2.75) is 26.4 Å². The van der Waals surface area contributed by atoms with Crippen LogP contribution in [-0.4, -0.2) is 36.9 Å². The summed E-state index contributed by atoms with van der Waals surface area (Å²) in [5.41, 5.74) is 0.227. The Hall–Kier alpha value is -1.87. The lowest BCUT2D eigenvalue weighted by molar-refractivity contribution is 0.0594. The van der Waals surface area contributed by atoms with Crippen molar-refractivity contribution in [2.24, 2.45) is 0 Å². The fourth-order valence-corrected chi connectivity index (χ4v) is 3.62. The number of esters is 1. The number of amides is 1. The summed E-state index contributed by atoms with van der Waals surface area (Å²) in [5.74, 6) is -0.201. The number of carbonyl (C=O) groups is 2. The number of nitrogens with one attached hydrogen (secondary N) is 1. The average Bonchev–Trinajstić information content (AvgIpc) is 2.86. The molecule has 1 amide bonds. The second-order valence-corrected chi connectivity index (χ2v) is 7.58. The van der Waals surface area contributed by atoms with Gasteiger partial charge in [-0.3, -0.25) is 5.32 Å². The van der Waals surface area contributed by atoms with E-state index >= 15 is 0 Å². The van der Waals surface area contributed by atoms with E-state index in [-0.39, 0.29) is 5.56 Å². The molecule has 0 saturated carbocycles. The van der Waals surface area contributed by atoms with Gasteiger partial charge in [-0.2, -0.15) is 0 Å². The maximum absolute atomic E-state index is 11.9. The van der Waals surface area contributed by atoms with E-state index in [4.69, 9.17) is 14.2 Å². The van der Waals surface area contributed by atoms with Crippen molar-refractivity contribution in [3.8, 4) is 5.75 Å². The number of ether oxygens (including phenoxy) is 3. The third-order valence-electron chi connectivity index (χ3n) is 2.80. The Morgan fingerprint density at radius 2 is 1.96 bits per heavy atom. The van der Waals surface area contributed by atoms with Crippen LogP contribution in [0.4, 0.5) is 9.93 Å². The molecule has 1 N–H and O–H groups in total. The van der Waals surface area contributed by atoms with Crippen molar-refractivity contribution >= 4 is 54.7 Å². The molecule has 9 heteroatoms. The van der Waals surface area contributed by atoms with Gasteiger partial charge in [0.15, 0.2) is 5.13 Å². The Bertz CT molecular complexity index is 797. The smallest absolute Gasteiger partial charge is 0.413 e. The highest BCUT2D eigenvalue weighted by molar-refractivity contribution is 9.10. The van der Waals surface area contributed by atoms with Crippen LogP contribution in [0, 0.1) is 0 Å². The van der Waals surface area contributed by atoms with Crippen LogP contribution in [-0.2, 0) is 9.47 Å². The van der Waals surface area contributed by atoms with E-state index in [1.807, 2.05) is 0 Å². The van der Waals surface area contributed by atoms with Crippen LogP contribution < -0.4 is 10.1 Å². The first-order valence-electron chi connectivity index (χ1n) is 6.91.